The van der Waals surface area contributed by atoms with Crippen LogP contribution < -0.4 is 10.2 Å². The summed E-state index contributed by atoms with van der Waals surface area (Å²) in [5, 5.41) is 4.56. The van der Waals surface area contributed by atoms with Gasteiger partial charge < -0.3 is 5.32 Å². The second kappa shape index (κ2) is 5.82. The molecule has 0 bridgehead atoms. The Balaban J connectivity index is 1.72. The SMILES string of the molecule is O=C1C(=O)N(C(=O)Nc2cccc3ccccc23)c2ccc(Br)cc21. The number of rotatable bonds is 1. The molecule has 5 nitrogen and oxygen atoms in total. The summed E-state index contributed by atoms with van der Waals surface area (Å²) in [6, 6.07) is 17.2. The third-order valence-electron chi connectivity index (χ3n) is 4.08. The van der Waals surface area contributed by atoms with Crippen molar-refractivity contribution in [2.45, 2.75) is 0 Å². The van der Waals surface area contributed by atoms with Gasteiger partial charge in [-0.2, -0.15) is 0 Å². The Labute approximate surface area is 151 Å². The molecule has 3 aromatic rings. The van der Waals surface area contributed by atoms with Crippen LogP contribution in [0.25, 0.3) is 10.8 Å². The number of nitrogens with one attached hydrogen (secondary N) is 1. The Kier molecular flexibility index (Phi) is 3.62. The predicted octanol–water partition coefficient (Wildman–Crippen LogP) is 4.36. The van der Waals surface area contributed by atoms with Crippen LogP contribution in [0.4, 0.5) is 16.2 Å². The molecule has 0 fully saturated rings. The van der Waals surface area contributed by atoms with E-state index in [4.69, 9.17) is 0 Å². The molecule has 3 aromatic carbocycles. The molecule has 4 rings (SSSR count). The van der Waals surface area contributed by atoms with Crippen LogP contribution in [0.3, 0.4) is 0 Å². The number of amides is 3. The summed E-state index contributed by atoms with van der Waals surface area (Å²) < 4.78 is 0.670. The molecule has 0 saturated heterocycles. The molecule has 1 aliphatic rings. The fourth-order valence-electron chi connectivity index (χ4n) is 2.92. The number of ketones is 1. The Morgan fingerprint density at radius 3 is 2.56 bits per heavy atom. The monoisotopic (exact) mass is 394 g/mol. The molecule has 6 heteroatoms. The van der Waals surface area contributed by atoms with Crippen molar-refractivity contribution in [2.75, 3.05) is 10.2 Å². The standard InChI is InChI=1S/C19H11BrN2O3/c20-12-8-9-16-14(10-12)17(23)18(24)22(16)19(25)21-15-7-3-5-11-4-1-2-6-13(11)15/h1-10H,(H,21,25). The van der Waals surface area contributed by atoms with Crippen molar-refractivity contribution < 1.29 is 14.4 Å². The molecule has 0 spiro atoms. The highest BCUT2D eigenvalue weighted by Crippen LogP contribution is 2.32. The van der Waals surface area contributed by atoms with Crippen LogP contribution in [0.2, 0.25) is 0 Å². The van der Waals surface area contributed by atoms with Gasteiger partial charge in [0.15, 0.2) is 0 Å². The fourth-order valence-corrected chi connectivity index (χ4v) is 3.28. The molecule has 1 aliphatic heterocycles. The molecule has 3 amide bonds. The smallest absolute Gasteiger partial charge is 0.307 e. The number of anilines is 2. The van der Waals surface area contributed by atoms with Gasteiger partial charge in [0.2, 0.25) is 0 Å². The molecule has 0 unspecified atom stereocenters. The first-order valence-electron chi connectivity index (χ1n) is 7.53. The molecule has 0 atom stereocenters. The number of fused-ring (bicyclic) bond motifs is 2. The van der Waals surface area contributed by atoms with E-state index in [0.717, 1.165) is 15.7 Å². The average molecular weight is 395 g/mol. The number of urea groups is 1. The highest BCUT2D eigenvalue weighted by Gasteiger charge is 2.40. The number of halogens is 1. The molecule has 25 heavy (non-hydrogen) atoms. The molecule has 1 heterocycles. The van der Waals surface area contributed by atoms with Crippen LogP contribution in [-0.2, 0) is 4.79 Å². The zero-order valence-corrected chi connectivity index (χ0v) is 14.4. The number of benzene rings is 3. The van der Waals surface area contributed by atoms with Gasteiger partial charge in [-0.3, -0.25) is 9.59 Å². The van der Waals surface area contributed by atoms with Crippen LogP contribution >= 0.6 is 15.9 Å². The van der Waals surface area contributed by atoms with Gasteiger partial charge in [0.25, 0.3) is 5.78 Å². The van der Waals surface area contributed by atoms with E-state index < -0.39 is 17.7 Å². The van der Waals surface area contributed by atoms with Gasteiger partial charge >= 0.3 is 11.9 Å². The number of nitrogens with zero attached hydrogens (tertiary/aromatic N) is 1. The molecule has 0 aliphatic carbocycles. The third kappa shape index (κ3) is 2.51. The zero-order chi connectivity index (χ0) is 17.6. The molecule has 122 valence electrons. The van der Waals surface area contributed by atoms with Gasteiger partial charge in [0, 0.05) is 9.86 Å². The number of imide groups is 1. The van der Waals surface area contributed by atoms with Gasteiger partial charge in [-0.1, -0.05) is 52.3 Å². The summed E-state index contributed by atoms with van der Waals surface area (Å²) in [5.41, 5.74) is 1.08. The summed E-state index contributed by atoms with van der Waals surface area (Å²) >= 11 is 3.27. The van der Waals surface area contributed by atoms with Crippen LogP contribution in [0.5, 0.6) is 0 Å². The maximum absolute atomic E-state index is 12.7. The van der Waals surface area contributed by atoms with Crippen LogP contribution in [0.15, 0.2) is 65.1 Å². The van der Waals surface area contributed by atoms with E-state index in [-0.39, 0.29) is 11.3 Å². The summed E-state index contributed by atoms with van der Waals surface area (Å²) in [5.74, 6) is -1.55. The second-order valence-electron chi connectivity index (χ2n) is 5.59. The second-order valence-corrected chi connectivity index (χ2v) is 6.50. The van der Waals surface area contributed by atoms with E-state index in [1.807, 2.05) is 36.4 Å². The predicted molar refractivity (Wildman–Crippen MR) is 98.9 cm³/mol. The molecule has 0 radical (unpaired) electrons. The molecular formula is C19H11BrN2O3. The van der Waals surface area contributed by atoms with Crippen LogP contribution in [0.1, 0.15) is 10.4 Å². The van der Waals surface area contributed by atoms with Crippen LogP contribution in [0, 0.1) is 0 Å². The highest BCUT2D eigenvalue weighted by molar-refractivity contribution is 9.10. The number of hydrogen-bond acceptors (Lipinski definition) is 3. The van der Waals surface area contributed by atoms with Crippen molar-refractivity contribution in [3.05, 3.63) is 70.7 Å². The average Bonchev–Trinajstić information content (AvgIpc) is 2.86. The van der Waals surface area contributed by atoms with Gasteiger partial charge in [-0.05, 0) is 29.7 Å². The number of carbonyl (C=O) groups is 3. The quantitative estimate of drug-likeness (QED) is 0.623. The Morgan fingerprint density at radius 1 is 0.960 bits per heavy atom. The van der Waals surface area contributed by atoms with Crippen molar-refractivity contribution in [1.29, 1.82) is 0 Å². The number of carbonyl (C=O) groups excluding carboxylic acids is 3. The van der Waals surface area contributed by atoms with Gasteiger partial charge in [0.05, 0.1) is 16.9 Å². The molecule has 0 aromatic heterocycles. The van der Waals surface area contributed by atoms with E-state index in [1.165, 1.54) is 0 Å². The Bertz CT molecular complexity index is 1060. The van der Waals surface area contributed by atoms with E-state index >= 15 is 0 Å². The zero-order valence-electron chi connectivity index (χ0n) is 12.8. The summed E-state index contributed by atoms with van der Waals surface area (Å²) in [4.78, 5) is 38.0. The molecule has 0 saturated carbocycles. The van der Waals surface area contributed by atoms with Gasteiger partial charge in [0.1, 0.15) is 0 Å². The minimum Gasteiger partial charge on any atom is -0.307 e. The minimum atomic E-state index is -0.856. The van der Waals surface area contributed by atoms with Crippen molar-refractivity contribution in [3.8, 4) is 0 Å². The maximum atomic E-state index is 12.7. The third-order valence-corrected chi connectivity index (χ3v) is 4.57. The van der Waals surface area contributed by atoms with E-state index in [1.54, 1.807) is 24.3 Å². The van der Waals surface area contributed by atoms with Gasteiger partial charge in [-0.15, -0.1) is 0 Å². The van der Waals surface area contributed by atoms with Crippen molar-refractivity contribution in [2.24, 2.45) is 0 Å². The van der Waals surface area contributed by atoms with E-state index in [0.29, 0.717) is 10.2 Å². The lowest BCUT2D eigenvalue weighted by atomic mass is 10.1. The first-order chi connectivity index (χ1) is 12.1. The van der Waals surface area contributed by atoms with Crippen molar-refractivity contribution in [3.63, 3.8) is 0 Å². The largest absolute Gasteiger partial charge is 0.333 e. The Morgan fingerprint density at radius 2 is 1.72 bits per heavy atom. The first kappa shape index (κ1) is 15.5. The minimum absolute atomic E-state index is 0.215. The van der Waals surface area contributed by atoms with Crippen molar-refractivity contribution in [1.82, 2.24) is 0 Å². The first-order valence-corrected chi connectivity index (χ1v) is 8.32. The van der Waals surface area contributed by atoms with Crippen molar-refractivity contribution >= 4 is 55.8 Å². The maximum Gasteiger partial charge on any atom is 0.333 e. The fraction of sp³-hybridized carbons (Fsp3) is 0. The summed E-state index contributed by atoms with van der Waals surface area (Å²) in [6.45, 7) is 0. The number of hydrogen-bond donors (Lipinski definition) is 1. The van der Waals surface area contributed by atoms with Crippen LogP contribution in [-0.4, -0.2) is 17.7 Å². The van der Waals surface area contributed by atoms with E-state index in [9.17, 15) is 14.4 Å². The summed E-state index contributed by atoms with van der Waals surface area (Å²) in [7, 11) is 0. The lowest BCUT2D eigenvalue weighted by Crippen LogP contribution is -2.39. The molecule has 1 N–H and O–H groups in total. The molecular weight excluding hydrogens is 384 g/mol. The summed E-state index contributed by atoms with van der Waals surface area (Å²) in [6.07, 6.45) is 0. The Hall–Kier alpha value is -2.99. The van der Waals surface area contributed by atoms with E-state index in [2.05, 4.69) is 21.2 Å². The number of Topliss-reactive ketones (excluding diaryl/α,β-unsaturated/α-hetero) is 1. The normalized spacial score (nSPS) is 13.2. The van der Waals surface area contributed by atoms with Gasteiger partial charge in [-0.25, -0.2) is 9.69 Å². The lowest BCUT2D eigenvalue weighted by Gasteiger charge is -2.16. The topological polar surface area (TPSA) is 66.5 Å². The highest BCUT2D eigenvalue weighted by atomic mass is 79.9. The lowest BCUT2D eigenvalue weighted by molar-refractivity contribution is -0.113.